The molecule has 7 nitrogen and oxygen atoms in total. The number of thiophene rings is 1. The van der Waals surface area contributed by atoms with Crippen LogP contribution in [0, 0.1) is 6.92 Å². The zero-order valence-corrected chi connectivity index (χ0v) is 15.7. The molecule has 0 saturated heterocycles. The summed E-state index contributed by atoms with van der Waals surface area (Å²) in [4.78, 5) is 29.6. The molecule has 2 N–H and O–H groups in total. The Balaban J connectivity index is 1.88. The van der Waals surface area contributed by atoms with Crippen molar-refractivity contribution < 1.29 is 4.79 Å². The van der Waals surface area contributed by atoms with Gasteiger partial charge in [0.05, 0.1) is 11.3 Å². The summed E-state index contributed by atoms with van der Waals surface area (Å²) in [7, 11) is 0. The lowest BCUT2D eigenvalue weighted by Crippen LogP contribution is -2.24. The van der Waals surface area contributed by atoms with Crippen molar-refractivity contribution in [3.8, 4) is 0 Å². The molecule has 3 rings (SSSR count). The maximum absolute atomic E-state index is 12.7. The van der Waals surface area contributed by atoms with E-state index in [2.05, 4.69) is 17.0 Å². The Morgan fingerprint density at radius 2 is 2.24 bits per heavy atom. The second kappa shape index (κ2) is 7.40. The molecule has 3 heterocycles. The minimum Gasteiger partial charge on any atom is -0.382 e. The van der Waals surface area contributed by atoms with Gasteiger partial charge in [0.2, 0.25) is 0 Å². The molecular formula is C16H19N5O2S2. The summed E-state index contributed by atoms with van der Waals surface area (Å²) in [6, 6.07) is 3.48. The van der Waals surface area contributed by atoms with Gasteiger partial charge < -0.3 is 5.73 Å². The first-order valence-electron chi connectivity index (χ1n) is 7.97. The number of carbonyl (C=O) groups excluding carboxylic acids is 1. The summed E-state index contributed by atoms with van der Waals surface area (Å²) < 4.78 is 3.62. The number of carbonyl (C=O) groups is 1. The van der Waals surface area contributed by atoms with Gasteiger partial charge in [-0.2, -0.15) is 0 Å². The highest BCUT2D eigenvalue weighted by Gasteiger charge is 2.16. The van der Waals surface area contributed by atoms with Gasteiger partial charge in [-0.3, -0.25) is 14.2 Å². The second-order valence-electron chi connectivity index (χ2n) is 5.64. The van der Waals surface area contributed by atoms with E-state index >= 15 is 0 Å². The Hall–Kier alpha value is -2.13. The average Bonchev–Trinajstić information content (AvgIpc) is 3.18. The lowest BCUT2D eigenvalue weighted by Gasteiger charge is -2.11. The van der Waals surface area contributed by atoms with Gasteiger partial charge in [0.15, 0.2) is 5.16 Å². The lowest BCUT2D eigenvalue weighted by molar-refractivity contribution is 0.0924. The third-order valence-electron chi connectivity index (χ3n) is 3.73. The van der Waals surface area contributed by atoms with E-state index in [1.165, 1.54) is 27.8 Å². The van der Waals surface area contributed by atoms with E-state index < -0.39 is 0 Å². The van der Waals surface area contributed by atoms with E-state index in [9.17, 15) is 9.59 Å². The monoisotopic (exact) mass is 377 g/mol. The van der Waals surface area contributed by atoms with Crippen LogP contribution in [0.1, 0.15) is 30.3 Å². The van der Waals surface area contributed by atoms with Crippen LogP contribution in [0.3, 0.4) is 0 Å². The fourth-order valence-corrected chi connectivity index (χ4v) is 4.13. The summed E-state index contributed by atoms with van der Waals surface area (Å²) in [5.41, 5.74) is 6.95. The number of nitrogens with zero attached hydrogens (tertiary/aromatic N) is 4. The number of unbranched alkanes of at least 4 members (excludes halogenated alkanes) is 1. The number of aryl methyl sites for hydroxylation is 1. The molecule has 0 bridgehead atoms. The molecule has 0 spiro atoms. The highest BCUT2D eigenvalue weighted by Crippen LogP contribution is 2.21. The van der Waals surface area contributed by atoms with E-state index in [1.807, 2.05) is 11.4 Å². The van der Waals surface area contributed by atoms with Crippen molar-refractivity contribution in [3.63, 3.8) is 0 Å². The van der Waals surface area contributed by atoms with Gasteiger partial charge in [-0.15, -0.1) is 16.4 Å². The molecule has 0 aromatic carbocycles. The molecule has 0 aliphatic carbocycles. The quantitative estimate of drug-likeness (QED) is 0.524. The smallest absolute Gasteiger partial charge is 0.272 e. The zero-order valence-electron chi connectivity index (χ0n) is 14.1. The lowest BCUT2D eigenvalue weighted by atomic mass is 10.3. The number of hydrogen-bond donors (Lipinski definition) is 1. The van der Waals surface area contributed by atoms with Gasteiger partial charge >= 0.3 is 0 Å². The molecule has 25 heavy (non-hydrogen) atoms. The fraction of sp³-hybridized carbons (Fsp3) is 0.375. The number of hydrogen-bond acceptors (Lipinski definition) is 7. The third kappa shape index (κ3) is 3.62. The topological polar surface area (TPSA) is 95.8 Å². The molecule has 0 aliphatic rings. The van der Waals surface area contributed by atoms with Crippen LogP contribution in [0.25, 0.3) is 10.2 Å². The molecule has 0 radical (unpaired) electrons. The van der Waals surface area contributed by atoms with E-state index in [0.29, 0.717) is 33.4 Å². The highest BCUT2D eigenvalue weighted by atomic mass is 32.2. The Morgan fingerprint density at radius 1 is 1.44 bits per heavy atom. The maximum atomic E-state index is 12.7. The van der Waals surface area contributed by atoms with Crippen LogP contribution < -0.4 is 11.3 Å². The van der Waals surface area contributed by atoms with Crippen LogP contribution in [0.15, 0.2) is 27.5 Å². The number of rotatable bonds is 6. The summed E-state index contributed by atoms with van der Waals surface area (Å²) in [6.07, 6.45) is 1.86. The number of thioether (sulfide) groups is 1. The van der Waals surface area contributed by atoms with Crippen LogP contribution in [0.2, 0.25) is 0 Å². The fourth-order valence-electron chi connectivity index (χ4n) is 2.49. The molecule has 0 amide bonds. The number of nitrogens with two attached hydrogens (primary N) is 1. The normalized spacial score (nSPS) is 11.3. The van der Waals surface area contributed by atoms with E-state index in [1.54, 1.807) is 17.6 Å². The molecule has 0 fully saturated rings. The SMILES string of the molecule is CCCCn1c(SCC(=O)n2nc(N)cc2C)nc2ccsc2c1=O. The van der Waals surface area contributed by atoms with Gasteiger partial charge in [0, 0.05) is 18.3 Å². The first-order valence-corrected chi connectivity index (χ1v) is 9.84. The van der Waals surface area contributed by atoms with Crippen LogP contribution in [-0.2, 0) is 6.54 Å². The number of anilines is 1. The van der Waals surface area contributed by atoms with Crippen molar-refractivity contribution in [2.45, 2.75) is 38.4 Å². The Kier molecular flexibility index (Phi) is 5.24. The van der Waals surface area contributed by atoms with Gasteiger partial charge in [-0.05, 0) is 24.8 Å². The molecule has 3 aromatic rings. The van der Waals surface area contributed by atoms with Crippen molar-refractivity contribution in [3.05, 3.63) is 33.6 Å². The number of aromatic nitrogens is 4. The summed E-state index contributed by atoms with van der Waals surface area (Å²) in [5, 5.41) is 6.42. The summed E-state index contributed by atoms with van der Waals surface area (Å²) >= 11 is 2.65. The summed E-state index contributed by atoms with van der Waals surface area (Å²) in [5.74, 6) is 0.255. The van der Waals surface area contributed by atoms with Crippen molar-refractivity contribution in [2.75, 3.05) is 11.5 Å². The Morgan fingerprint density at radius 3 is 2.92 bits per heavy atom. The van der Waals surface area contributed by atoms with E-state index in [-0.39, 0.29) is 17.2 Å². The van der Waals surface area contributed by atoms with Gasteiger partial charge in [-0.1, -0.05) is 25.1 Å². The predicted octanol–water partition coefficient (Wildman–Crippen LogP) is 2.78. The minimum atomic E-state index is -0.194. The zero-order chi connectivity index (χ0) is 18.0. The maximum Gasteiger partial charge on any atom is 0.272 e. The molecule has 0 saturated carbocycles. The number of fused-ring (bicyclic) bond motifs is 1. The van der Waals surface area contributed by atoms with Crippen LogP contribution >= 0.6 is 23.1 Å². The van der Waals surface area contributed by atoms with Crippen LogP contribution in [-0.4, -0.2) is 31.0 Å². The first-order chi connectivity index (χ1) is 12.0. The summed E-state index contributed by atoms with van der Waals surface area (Å²) in [6.45, 7) is 4.45. The largest absolute Gasteiger partial charge is 0.382 e. The molecule has 0 aliphatic heterocycles. The standard InChI is InChI=1S/C16H19N5O2S2/c1-3-4-6-20-15(23)14-11(5-7-24-14)18-16(20)25-9-13(22)21-10(2)8-12(17)19-21/h5,7-8H,3-4,6,9H2,1-2H3,(H2,17,19). The predicted molar refractivity (Wildman–Crippen MR) is 102 cm³/mol. The minimum absolute atomic E-state index is 0.0390. The molecular weight excluding hydrogens is 358 g/mol. The van der Waals surface area contributed by atoms with Crippen molar-refractivity contribution in [1.29, 1.82) is 0 Å². The molecule has 0 unspecified atom stereocenters. The highest BCUT2D eigenvalue weighted by molar-refractivity contribution is 7.99. The Labute approximate surface area is 152 Å². The molecule has 0 atom stereocenters. The second-order valence-corrected chi connectivity index (χ2v) is 7.50. The molecule has 3 aromatic heterocycles. The van der Waals surface area contributed by atoms with Crippen molar-refractivity contribution in [1.82, 2.24) is 19.3 Å². The first kappa shape index (κ1) is 17.7. The molecule has 132 valence electrons. The average molecular weight is 377 g/mol. The van der Waals surface area contributed by atoms with Crippen LogP contribution in [0.5, 0.6) is 0 Å². The van der Waals surface area contributed by atoms with Gasteiger partial charge in [0.25, 0.3) is 11.5 Å². The van der Waals surface area contributed by atoms with Crippen LogP contribution in [0.4, 0.5) is 5.82 Å². The van der Waals surface area contributed by atoms with Gasteiger partial charge in [0.1, 0.15) is 10.5 Å². The van der Waals surface area contributed by atoms with Crippen molar-refractivity contribution in [2.24, 2.45) is 0 Å². The van der Waals surface area contributed by atoms with Crippen molar-refractivity contribution >= 4 is 45.0 Å². The van der Waals surface area contributed by atoms with E-state index in [0.717, 1.165) is 12.8 Å². The third-order valence-corrected chi connectivity index (χ3v) is 5.59. The molecule has 9 heteroatoms. The Bertz CT molecular complexity index is 973. The number of nitrogen functional groups attached to an aromatic ring is 1. The van der Waals surface area contributed by atoms with Gasteiger partial charge in [-0.25, -0.2) is 9.67 Å². The van der Waals surface area contributed by atoms with E-state index in [4.69, 9.17) is 5.73 Å².